The standard InChI is InChI=1S/CH4N2O.HNO3.H3N.Na.H/c2*2-1(3)4;;;/h(H4,2,3,4);(H,2,3,4);1H3;;. The molecule has 0 fully saturated rings. The predicted molar refractivity (Wildman–Crippen MR) is 34.7 cm³/mol. The van der Waals surface area contributed by atoms with Crippen molar-refractivity contribution < 1.29 is 15.1 Å². The van der Waals surface area contributed by atoms with Gasteiger partial charge in [-0.2, -0.15) is 0 Å². The van der Waals surface area contributed by atoms with Crippen LogP contribution in [0.25, 0.3) is 0 Å². The molecule has 8 N–H and O–H groups in total. The first kappa shape index (κ1) is 22.7. The number of amides is 2. The number of primary amides is 2. The zero-order chi connectivity index (χ0) is 7.15. The van der Waals surface area contributed by atoms with Gasteiger partial charge in [0.2, 0.25) is 0 Å². The van der Waals surface area contributed by atoms with Gasteiger partial charge in [-0.25, -0.2) is 4.79 Å². The van der Waals surface area contributed by atoms with Crippen LogP contribution in [-0.4, -0.2) is 45.9 Å². The zero-order valence-corrected chi connectivity index (χ0v) is 4.48. The van der Waals surface area contributed by atoms with Crippen molar-refractivity contribution in [3.8, 4) is 0 Å². The van der Waals surface area contributed by atoms with Gasteiger partial charge in [0, 0.05) is 0 Å². The molecule has 10 heavy (non-hydrogen) atoms. The second-order valence-electron chi connectivity index (χ2n) is 0.640. The van der Waals surface area contributed by atoms with Crippen LogP contribution >= 0.6 is 0 Å². The van der Waals surface area contributed by atoms with Gasteiger partial charge in [-0.3, -0.25) is 0 Å². The zero-order valence-electron chi connectivity index (χ0n) is 4.48. The number of nitrogens with two attached hydrogens (primary N) is 2. The van der Waals surface area contributed by atoms with Gasteiger partial charge in [-0.1, -0.05) is 0 Å². The van der Waals surface area contributed by atoms with Crippen LogP contribution in [-0.2, 0) is 0 Å². The Balaban J connectivity index is -0.0000000300. The molecule has 0 aromatic heterocycles. The van der Waals surface area contributed by atoms with E-state index in [1.165, 1.54) is 0 Å². The first-order valence-electron chi connectivity index (χ1n) is 1.35. The van der Waals surface area contributed by atoms with Gasteiger partial charge in [-0.05, 0) is 0 Å². The van der Waals surface area contributed by atoms with Crippen molar-refractivity contribution in [2.75, 3.05) is 0 Å². The Morgan fingerprint density at radius 3 is 1.50 bits per heavy atom. The average molecular weight is 164 g/mol. The van der Waals surface area contributed by atoms with Crippen molar-refractivity contribution in [2.24, 2.45) is 11.5 Å². The van der Waals surface area contributed by atoms with E-state index in [1.807, 2.05) is 0 Å². The van der Waals surface area contributed by atoms with E-state index in [9.17, 15) is 0 Å². The molecular formula is CH9N4NaO4. The van der Waals surface area contributed by atoms with Gasteiger partial charge in [0.25, 0.3) is 5.09 Å². The van der Waals surface area contributed by atoms with E-state index in [1.54, 1.807) is 0 Å². The number of carbonyl (C=O) groups is 1. The third kappa shape index (κ3) is 945. The summed E-state index contributed by atoms with van der Waals surface area (Å²) in [5, 5.41) is 13.6. The van der Waals surface area contributed by atoms with Crippen LogP contribution in [0.4, 0.5) is 4.79 Å². The molecule has 0 aliphatic carbocycles. The first-order chi connectivity index (χ1) is 3.46. The fourth-order valence-electron chi connectivity index (χ4n) is 0. The molecule has 58 valence electrons. The van der Waals surface area contributed by atoms with Crippen molar-refractivity contribution in [1.82, 2.24) is 6.15 Å². The number of rotatable bonds is 0. The molecule has 0 rings (SSSR count). The van der Waals surface area contributed by atoms with Crippen molar-refractivity contribution >= 4 is 35.6 Å². The molecule has 0 spiro atoms. The minimum atomic E-state index is -1.50. The van der Waals surface area contributed by atoms with Crippen molar-refractivity contribution in [2.45, 2.75) is 0 Å². The third-order valence-corrected chi connectivity index (χ3v) is 0. The normalized spacial score (nSPS) is 4.80. The van der Waals surface area contributed by atoms with E-state index in [-0.39, 0.29) is 35.7 Å². The van der Waals surface area contributed by atoms with E-state index in [0.717, 1.165) is 0 Å². The summed E-state index contributed by atoms with van der Waals surface area (Å²) in [7, 11) is 0. The molecule has 0 radical (unpaired) electrons. The SMILES string of the molecule is N.NC(N)=O.O=[N+]([O-])O.[NaH]. The summed E-state index contributed by atoms with van der Waals surface area (Å²) in [4.78, 5) is 17.4. The fraction of sp³-hybridized carbons (Fsp3) is 0. The molecule has 0 aliphatic heterocycles. The quantitative estimate of drug-likeness (QED) is 0.187. The Morgan fingerprint density at radius 1 is 1.50 bits per heavy atom. The Bertz CT molecular complexity index is 75.3. The molecule has 0 bridgehead atoms. The summed E-state index contributed by atoms with van der Waals surface area (Å²) >= 11 is 0. The topological polar surface area (TPSA) is 167 Å². The summed E-state index contributed by atoms with van der Waals surface area (Å²) in [5.41, 5.74) is 8.50. The van der Waals surface area contributed by atoms with Crippen LogP contribution in [0.15, 0.2) is 0 Å². The second-order valence-corrected chi connectivity index (χ2v) is 0.640. The van der Waals surface area contributed by atoms with E-state index in [4.69, 9.17) is 20.1 Å². The van der Waals surface area contributed by atoms with Gasteiger partial charge in [0.05, 0.1) is 0 Å². The van der Waals surface area contributed by atoms with Crippen LogP contribution in [0.3, 0.4) is 0 Å². The molecule has 0 aromatic carbocycles. The number of hydrogen-bond acceptors (Lipinski definition) is 4. The molecule has 0 aromatic rings. The van der Waals surface area contributed by atoms with E-state index >= 15 is 0 Å². The van der Waals surface area contributed by atoms with Crippen molar-refractivity contribution in [3.63, 3.8) is 0 Å². The summed E-state index contributed by atoms with van der Waals surface area (Å²) in [5.74, 6) is 0. The molecular weight excluding hydrogens is 155 g/mol. The molecule has 9 heteroatoms. The van der Waals surface area contributed by atoms with Gasteiger partial charge < -0.3 is 22.8 Å². The molecule has 0 saturated heterocycles. The molecule has 8 nitrogen and oxygen atoms in total. The predicted octanol–water partition coefficient (Wildman–Crippen LogP) is -1.81. The number of nitrogens with zero attached hydrogens (tertiary/aromatic N) is 1. The Morgan fingerprint density at radius 2 is 1.50 bits per heavy atom. The molecule has 0 atom stereocenters. The van der Waals surface area contributed by atoms with Gasteiger partial charge in [0.15, 0.2) is 0 Å². The van der Waals surface area contributed by atoms with Crippen LogP contribution in [0, 0.1) is 10.1 Å². The average Bonchev–Trinajstić information content (AvgIpc) is 1.25. The third-order valence-electron chi connectivity index (χ3n) is 0. The Kier molecular flexibility index (Phi) is 35.9. The van der Waals surface area contributed by atoms with Gasteiger partial charge >= 0.3 is 35.6 Å². The molecule has 0 aliphatic rings. The molecule has 2 amide bonds. The number of carbonyl (C=O) groups excluding carboxylic acids is 1. The molecule has 0 unspecified atom stereocenters. The van der Waals surface area contributed by atoms with Crippen LogP contribution in [0.2, 0.25) is 0 Å². The minimum absolute atomic E-state index is 0. The Hall–Kier alpha value is -0.570. The number of urea groups is 1. The van der Waals surface area contributed by atoms with E-state index in [2.05, 4.69) is 11.5 Å². The summed E-state index contributed by atoms with van der Waals surface area (Å²) in [6.07, 6.45) is 0. The van der Waals surface area contributed by atoms with Crippen molar-refractivity contribution in [3.05, 3.63) is 10.1 Å². The first-order valence-corrected chi connectivity index (χ1v) is 1.35. The second kappa shape index (κ2) is 15.8. The monoisotopic (exact) mass is 164 g/mol. The fourth-order valence-corrected chi connectivity index (χ4v) is 0. The van der Waals surface area contributed by atoms with Crippen LogP contribution < -0.4 is 17.6 Å². The van der Waals surface area contributed by atoms with Crippen molar-refractivity contribution in [1.29, 1.82) is 0 Å². The summed E-state index contributed by atoms with van der Waals surface area (Å²) < 4.78 is 0. The maximum absolute atomic E-state index is 9.00. The summed E-state index contributed by atoms with van der Waals surface area (Å²) in [6.45, 7) is 0. The molecule has 0 heterocycles. The van der Waals surface area contributed by atoms with E-state index < -0.39 is 11.1 Å². The van der Waals surface area contributed by atoms with Crippen LogP contribution in [0.5, 0.6) is 0 Å². The van der Waals surface area contributed by atoms with Gasteiger partial charge in [0.1, 0.15) is 0 Å². The number of hydrogen-bond donors (Lipinski definition) is 4. The maximum atomic E-state index is 9.00. The van der Waals surface area contributed by atoms with Crippen LogP contribution in [0.1, 0.15) is 0 Å². The summed E-state index contributed by atoms with van der Waals surface area (Å²) in [6, 6.07) is -0.833. The molecule has 0 saturated carbocycles. The Labute approximate surface area is 78.5 Å². The van der Waals surface area contributed by atoms with E-state index in [0.29, 0.717) is 0 Å². The van der Waals surface area contributed by atoms with Gasteiger partial charge in [-0.15, -0.1) is 10.1 Å².